The molecule has 126 valence electrons. The molecule has 2 heterocycles. The highest BCUT2D eigenvalue weighted by Gasteiger charge is 2.23. The molecule has 0 spiro atoms. The van der Waals surface area contributed by atoms with Gasteiger partial charge >= 0.3 is 0 Å². The fraction of sp³-hybridized carbons (Fsp3) is 0.211. The van der Waals surface area contributed by atoms with E-state index in [4.69, 9.17) is 0 Å². The first kappa shape index (κ1) is 15.5. The summed E-state index contributed by atoms with van der Waals surface area (Å²) in [5.41, 5.74) is 1.85. The Hall–Kier alpha value is -3.02. The largest absolute Gasteiger partial charge is 0.336 e. The number of hydrogen-bond acceptors (Lipinski definition) is 3. The Labute approximate surface area is 143 Å². The molecule has 2 aromatic carbocycles. The number of fused-ring (bicyclic) bond motifs is 2. The van der Waals surface area contributed by atoms with E-state index in [1.165, 1.54) is 17.0 Å². The van der Waals surface area contributed by atoms with Gasteiger partial charge in [-0.05, 0) is 30.2 Å². The Kier molecular flexibility index (Phi) is 3.80. The van der Waals surface area contributed by atoms with E-state index in [0.717, 1.165) is 5.56 Å². The van der Waals surface area contributed by atoms with Crippen molar-refractivity contribution in [2.75, 3.05) is 6.54 Å². The van der Waals surface area contributed by atoms with Crippen LogP contribution in [0.4, 0.5) is 4.39 Å². The Morgan fingerprint density at radius 3 is 2.88 bits per heavy atom. The van der Waals surface area contributed by atoms with Crippen LogP contribution in [0.25, 0.3) is 10.9 Å². The van der Waals surface area contributed by atoms with Gasteiger partial charge in [0.2, 0.25) is 5.91 Å². The van der Waals surface area contributed by atoms with Gasteiger partial charge in [-0.25, -0.2) is 9.37 Å². The lowest BCUT2D eigenvalue weighted by Gasteiger charge is -2.29. The second-order valence-corrected chi connectivity index (χ2v) is 6.14. The quantitative estimate of drug-likeness (QED) is 0.720. The van der Waals surface area contributed by atoms with Crippen molar-refractivity contribution in [3.63, 3.8) is 0 Å². The van der Waals surface area contributed by atoms with E-state index in [1.807, 2.05) is 12.1 Å². The molecule has 0 aliphatic carbocycles. The van der Waals surface area contributed by atoms with E-state index in [0.29, 0.717) is 29.4 Å². The number of para-hydroxylation sites is 1. The molecule has 0 saturated heterocycles. The van der Waals surface area contributed by atoms with Crippen LogP contribution < -0.4 is 5.56 Å². The maximum absolute atomic E-state index is 14.0. The summed E-state index contributed by atoms with van der Waals surface area (Å²) in [5.74, 6) is -0.507. The van der Waals surface area contributed by atoms with Crippen molar-refractivity contribution >= 4 is 16.8 Å². The van der Waals surface area contributed by atoms with E-state index in [-0.39, 0.29) is 30.4 Å². The van der Waals surface area contributed by atoms with Crippen LogP contribution in [-0.2, 0) is 24.3 Å². The lowest BCUT2D eigenvalue weighted by Crippen LogP contribution is -2.40. The van der Waals surface area contributed by atoms with E-state index in [1.54, 1.807) is 29.2 Å². The predicted molar refractivity (Wildman–Crippen MR) is 91.5 cm³/mol. The van der Waals surface area contributed by atoms with Gasteiger partial charge in [-0.1, -0.05) is 24.3 Å². The van der Waals surface area contributed by atoms with E-state index < -0.39 is 0 Å². The first-order valence-corrected chi connectivity index (χ1v) is 8.12. The summed E-state index contributed by atoms with van der Waals surface area (Å²) >= 11 is 0. The van der Waals surface area contributed by atoms with Crippen LogP contribution in [-0.4, -0.2) is 26.9 Å². The zero-order chi connectivity index (χ0) is 17.4. The first-order valence-electron chi connectivity index (χ1n) is 8.12. The third-order valence-electron chi connectivity index (χ3n) is 4.61. The lowest BCUT2D eigenvalue weighted by atomic mass is 9.99. The van der Waals surface area contributed by atoms with Gasteiger partial charge in [0, 0.05) is 18.7 Å². The van der Waals surface area contributed by atoms with Crippen LogP contribution in [0.5, 0.6) is 0 Å². The number of hydrogen-bond donors (Lipinski definition) is 0. The average Bonchev–Trinajstić information content (AvgIpc) is 2.64. The van der Waals surface area contributed by atoms with Crippen LogP contribution in [0.2, 0.25) is 0 Å². The number of amides is 1. The molecule has 1 aliphatic rings. The second kappa shape index (κ2) is 6.12. The minimum absolute atomic E-state index is 0.0968. The molecule has 0 unspecified atom stereocenters. The molecule has 0 fully saturated rings. The number of carbonyl (C=O) groups excluding carboxylic acids is 1. The minimum Gasteiger partial charge on any atom is -0.336 e. The Bertz CT molecular complexity index is 1030. The standard InChI is InChI=1S/C19H16FN3O2/c20-16-6-3-4-13-8-9-22(10-15(13)16)18(24)11-23-12-21-17-7-2-1-5-14(17)19(23)25/h1-7,12H,8-11H2. The first-order chi connectivity index (χ1) is 12.1. The Morgan fingerprint density at radius 1 is 1.16 bits per heavy atom. The normalized spacial score (nSPS) is 13.7. The summed E-state index contributed by atoms with van der Waals surface area (Å²) in [7, 11) is 0. The number of carbonyl (C=O) groups is 1. The summed E-state index contributed by atoms with van der Waals surface area (Å²) in [5, 5.41) is 0.479. The van der Waals surface area contributed by atoms with Crippen molar-refractivity contribution in [1.82, 2.24) is 14.5 Å². The summed E-state index contributed by atoms with van der Waals surface area (Å²) in [6.07, 6.45) is 2.00. The highest BCUT2D eigenvalue weighted by atomic mass is 19.1. The number of nitrogens with zero attached hydrogens (tertiary/aromatic N) is 3. The second-order valence-electron chi connectivity index (χ2n) is 6.14. The minimum atomic E-state index is -0.292. The van der Waals surface area contributed by atoms with Crippen LogP contribution in [0.3, 0.4) is 0 Å². The Balaban J connectivity index is 1.58. The van der Waals surface area contributed by atoms with Crippen molar-refractivity contribution in [1.29, 1.82) is 0 Å². The molecule has 1 amide bonds. The predicted octanol–water partition coefficient (Wildman–Crippen LogP) is 2.12. The van der Waals surface area contributed by atoms with Gasteiger partial charge in [-0.2, -0.15) is 0 Å². The molecule has 0 atom stereocenters. The molecule has 0 saturated carbocycles. The van der Waals surface area contributed by atoms with Crippen LogP contribution in [0, 0.1) is 5.82 Å². The third kappa shape index (κ3) is 2.80. The molecule has 4 rings (SSSR count). The number of benzene rings is 2. The van der Waals surface area contributed by atoms with E-state index in [9.17, 15) is 14.0 Å². The summed E-state index contributed by atoms with van der Waals surface area (Å²) in [4.78, 5) is 30.9. The summed E-state index contributed by atoms with van der Waals surface area (Å²) < 4.78 is 15.3. The van der Waals surface area contributed by atoms with E-state index in [2.05, 4.69) is 4.98 Å². The zero-order valence-corrected chi connectivity index (χ0v) is 13.5. The monoisotopic (exact) mass is 337 g/mol. The fourth-order valence-corrected chi connectivity index (χ4v) is 3.22. The summed E-state index contributed by atoms with van der Waals surface area (Å²) in [6.45, 7) is 0.655. The Morgan fingerprint density at radius 2 is 2.00 bits per heavy atom. The van der Waals surface area contributed by atoms with Gasteiger partial charge in [0.15, 0.2) is 0 Å². The molecule has 1 aromatic heterocycles. The van der Waals surface area contributed by atoms with Gasteiger partial charge in [-0.15, -0.1) is 0 Å². The molecular formula is C19H16FN3O2. The number of halogens is 1. The van der Waals surface area contributed by atoms with Crippen LogP contribution in [0.15, 0.2) is 53.6 Å². The molecule has 25 heavy (non-hydrogen) atoms. The molecule has 3 aromatic rings. The number of rotatable bonds is 2. The topological polar surface area (TPSA) is 55.2 Å². The maximum atomic E-state index is 14.0. The average molecular weight is 337 g/mol. The van der Waals surface area contributed by atoms with Gasteiger partial charge < -0.3 is 4.90 Å². The van der Waals surface area contributed by atoms with E-state index >= 15 is 0 Å². The fourth-order valence-electron chi connectivity index (χ4n) is 3.22. The summed E-state index contributed by atoms with van der Waals surface area (Å²) in [6, 6.07) is 12.0. The highest BCUT2D eigenvalue weighted by Crippen LogP contribution is 2.21. The molecular weight excluding hydrogens is 321 g/mol. The molecule has 0 radical (unpaired) electrons. The molecule has 0 N–H and O–H groups in total. The van der Waals surface area contributed by atoms with Gasteiger partial charge in [0.25, 0.3) is 5.56 Å². The van der Waals surface area contributed by atoms with Crippen molar-refractivity contribution in [3.05, 3.63) is 76.1 Å². The third-order valence-corrected chi connectivity index (χ3v) is 4.61. The molecule has 5 nitrogen and oxygen atoms in total. The van der Waals surface area contributed by atoms with Crippen molar-refractivity contribution in [2.45, 2.75) is 19.5 Å². The molecule has 0 bridgehead atoms. The smallest absolute Gasteiger partial charge is 0.261 e. The van der Waals surface area contributed by atoms with Crippen LogP contribution >= 0.6 is 0 Å². The van der Waals surface area contributed by atoms with Crippen molar-refractivity contribution in [2.24, 2.45) is 0 Å². The molecule has 6 heteroatoms. The zero-order valence-electron chi connectivity index (χ0n) is 13.5. The van der Waals surface area contributed by atoms with Gasteiger partial charge in [-0.3, -0.25) is 14.2 Å². The number of aromatic nitrogens is 2. The SMILES string of the molecule is O=C(Cn1cnc2ccccc2c1=O)N1CCc2cccc(F)c2C1. The van der Waals surface area contributed by atoms with Gasteiger partial charge in [0.05, 0.1) is 17.2 Å². The lowest BCUT2D eigenvalue weighted by molar-refractivity contribution is -0.132. The highest BCUT2D eigenvalue weighted by molar-refractivity contribution is 5.79. The van der Waals surface area contributed by atoms with Crippen molar-refractivity contribution < 1.29 is 9.18 Å². The molecule has 1 aliphatic heterocycles. The van der Waals surface area contributed by atoms with Crippen LogP contribution in [0.1, 0.15) is 11.1 Å². The van der Waals surface area contributed by atoms with Crippen molar-refractivity contribution in [3.8, 4) is 0 Å². The van der Waals surface area contributed by atoms with Gasteiger partial charge in [0.1, 0.15) is 12.4 Å². The maximum Gasteiger partial charge on any atom is 0.261 e.